The van der Waals surface area contributed by atoms with Crippen LogP contribution in [0.15, 0.2) is 28.3 Å². The van der Waals surface area contributed by atoms with Gasteiger partial charge < -0.3 is 0 Å². The van der Waals surface area contributed by atoms with E-state index in [0.717, 1.165) is 0 Å². The Labute approximate surface area is 121 Å². The molecule has 1 unspecified atom stereocenters. The highest BCUT2D eigenvalue weighted by Gasteiger charge is 2.50. The maximum absolute atomic E-state index is 12.6. The van der Waals surface area contributed by atoms with Crippen LogP contribution >= 0.6 is 23.2 Å². The largest absolute Gasteiger partial charge is 0.353 e. The van der Waals surface area contributed by atoms with Crippen molar-refractivity contribution in [2.75, 3.05) is 0 Å². The molecule has 1 aromatic carbocycles. The summed E-state index contributed by atoms with van der Waals surface area (Å²) in [5.74, 6) is 0.187. The van der Waals surface area contributed by atoms with E-state index in [0.29, 0.717) is 21.6 Å². The summed E-state index contributed by atoms with van der Waals surface area (Å²) >= 11 is 12.5. The summed E-state index contributed by atoms with van der Waals surface area (Å²) in [6.07, 6.45) is 1.37. The molecule has 0 radical (unpaired) electrons. The number of para-hydroxylation sites is 1. The van der Waals surface area contributed by atoms with E-state index in [-0.39, 0.29) is 16.4 Å². The van der Waals surface area contributed by atoms with Gasteiger partial charge in [0.05, 0.1) is 5.92 Å². The Kier molecular flexibility index (Phi) is 3.76. The summed E-state index contributed by atoms with van der Waals surface area (Å²) in [5.41, 5.74) is 0.458. The summed E-state index contributed by atoms with van der Waals surface area (Å²) in [5, 5.41) is 5.05. The number of nitrogens with zero attached hydrogens (tertiary/aromatic N) is 3. The van der Waals surface area contributed by atoms with Crippen LogP contribution in [-0.4, -0.2) is 18.1 Å². The third-order valence-corrected chi connectivity index (χ3v) is 3.62. The quantitative estimate of drug-likeness (QED) is 0.765. The van der Waals surface area contributed by atoms with Gasteiger partial charge in [0.25, 0.3) is 0 Å². The first-order valence-corrected chi connectivity index (χ1v) is 6.64. The highest BCUT2D eigenvalue weighted by atomic mass is 35.5. The molecule has 2 rings (SSSR count). The lowest BCUT2D eigenvalue weighted by molar-refractivity contribution is -0.129. The molecule has 0 aromatic heterocycles. The van der Waals surface area contributed by atoms with Gasteiger partial charge in [-0.15, -0.1) is 0 Å². The van der Waals surface area contributed by atoms with Gasteiger partial charge in [-0.2, -0.15) is 4.99 Å². The van der Waals surface area contributed by atoms with E-state index in [9.17, 15) is 4.79 Å². The molecule has 0 bridgehead atoms. The molecule has 0 saturated carbocycles. The second-order valence-corrected chi connectivity index (χ2v) is 5.42. The van der Waals surface area contributed by atoms with Crippen molar-refractivity contribution in [2.45, 2.75) is 20.8 Å². The van der Waals surface area contributed by atoms with Crippen molar-refractivity contribution < 1.29 is 4.79 Å². The fourth-order valence-electron chi connectivity index (χ4n) is 2.07. The third kappa shape index (κ3) is 2.10. The van der Waals surface area contributed by atoms with Crippen molar-refractivity contribution in [3.05, 3.63) is 28.2 Å². The minimum atomic E-state index is -0.379. The lowest BCUT2D eigenvalue weighted by Gasteiger charge is -2.27. The number of halogens is 2. The van der Waals surface area contributed by atoms with Crippen LogP contribution in [0.1, 0.15) is 20.8 Å². The van der Waals surface area contributed by atoms with Gasteiger partial charge in [-0.25, -0.2) is 4.79 Å². The van der Waals surface area contributed by atoms with Crippen molar-refractivity contribution in [1.29, 1.82) is 0 Å². The standard InChI is InChI=1S/C13H14Cl2N3O/c1-8(2)13(19)18(9(3)16-7-17-18)12-10(14)5-4-6-11(12)15/h4-8H,1-3H3/q+1. The van der Waals surface area contributed by atoms with E-state index < -0.39 is 0 Å². The van der Waals surface area contributed by atoms with E-state index >= 15 is 0 Å². The van der Waals surface area contributed by atoms with Crippen molar-refractivity contribution >= 4 is 47.0 Å². The average Bonchev–Trinajstić information content (AvgIpc) is 2.71. The van der Waals surface area contributed by atoms with E-state index in [1.807, 2.05) is 13.8 Å². The summed E-state index contributed by atoms with van der Waals surface area (Å²) in [6, 6.07) is 5.12. The molecule has 0 saturated heterocycles. The van der Waals surface area contributed by atoms with Gasteiger partial charge in [0.15, 0.2) is 6.34 Å². The molecule has 1 atom stereocenters. The molecule has 4 nitrogen and oxygen atoms in total. The number of quaternary nitrogens is 1. The van der Waals surface area contributed by atoms with Crippen LogP contribution in [0.5, 0.6) is 0 Å². The Morgan fingerprint density at radius 1 is 1.26 bits per heavy atom. The van der Waals surface area contributed by atoms with Gasteiger partial charge in [-0.3, -0.25) is 0 Å². The number of amidine groups is 1. The fourth-order valence-corrected chi connectivity index (χ4v) is 2.71. The monoisotopic (exact) mass is 298 g/mol. The van der Waals surface area contributed by atoms with Gasteiger partial charge in [-0.1, -0.05) is 33.9 Å². The van der Waals surface area contributed by atoms with Crippen LogP contribution in [-0.2, 0) is 4.79 Å². The summed E-state index contributed by atoms with van der Waals surface area (Å²) in [7, 11) is 0. The van der Waals surface area contributed by atoms with Crippen LogP contribution < -0.4 is 4.59 Å². The smallest absolute Gasteiger partial charge is 0.227 e. The molecule has 19 heavy (non-hydrogen) atoms. The van der Waals surface area contributed by atoms with Crippen LogP contribution in [0.2, 0.25) is 10.0 Å². The Bertz CT molecular complexity index is 575. The van der Waals surface area contributed by atoms with Gasteiger partial charge in [0, 0.05) is 6.92 Å². The van der Waals surface area contributed by atoms with Crippen molar-refractivity contribution in [1.82, 2.24) is 4.59 Å². The number of hydrogen-bond donors (Lipinski definition) is 0. The molecular formula is C13H14Cl2N3O+. The predicted molar refractivity (Wildman–Crippen MR) is 79.7 cm³/mol. The van der Waals surface area contributed by atoms with Gasteiger partial charge in [0.1, 0.15) is 10.0 Å². The Hall–Kier alpha value is -1.23. The molecule has 1 aliphatic heterocycles. The summed E-state index contributed by atoms with van der Waals surface area (Å²) in [6.45, 7) is 5.37. The van der Waals surface area contributed by atoms with Crippen molar-refractivity contribution in [2.24, 2.45) is 16.0 Å². The number of rotatable bonds is 2. The molecule has 0 spiro atoms. The number of aliphatic imine (C=N–C) groups is 1. The normalized spacial score (nSPS) is 21.9. The Balaban J connectivity index is 2.75. The van der Waals surface area contributed by atoms with Crippen LogP contribution in [0.25, 0.3) is 0 Å². The summed E-state index contributed by atoms with van der Waals surface area (Å²) < 4.78 is -0.379. The second-order valence-electron chi connectivity index (χ2n) is 4.61. The molecular weight excluding hydrogens is 285 g/mol. The Morgan fingerprint density at radius 2 is 1.84 bits per heavy atom. The zero-order chi connectivity index (χ0) is 14.2. The molecule has 1 aromatic rings. The fraction of sp³-hybridized carbons (Fsp3) is 0.308. The lowest BCUT2D eigenvalue weighted by atomic mass is 10.1. The van der Waals surface area contributed by atoms with E-state index in [1.54, 1.807) is 25.1 Å². The van der Waals surface area contributed by atoms with Gasteiger partial charge in [-0.05, 0) is 31.1 Å². The number of amides is 1. The first-order chi connectivity index (χ1) is 8.91. The number of carbonyl (C=O) groups is 1. The van der Waals surface area contributed by atoms with E-state index in [2.05, 4.69) is 10.1 Å². The van der Waals surface area contributed by atoms with Crippen LogP contribution in [0.3, 0.4) is 0 Å². The minimum Gasteiger partial charge on any atom is -0.227 e. The third-order valence-electron chi connectivity index (χ3n) is 3.01. The lowest BCUT2D eigenvalue weighted by Crippen LogP contribution is -2.53. The summed E-state index contributed by atoms with van der Waals surface area (Å²) in [4.78, 5) is 16.8. The molecule has 1 heterocycles. The minimum absolute atomic E-state index is 0.120. The first-order valence-electron chi connectivity index (χ1n) is 5.88. The number of carbonyl (C=O) groups excluding carboxylic acids is 1. The maximum Gasteiger partial charge on any atom is 0.353 e. The van der Waals surface area contributed by atoms with Gasteiger partial charge in [0.2, 0.25) is 11.5 Å². The molecule has 0 fully saturated rings. The predicted octanol–water partition coefficient (Wildman–Crippen LogP) is 3.86. The van der Waals surface area contributed by atoms with Gasteiger partial charge >= 0.3 is 5.91 Å². The Morgan fingerprint density at radius 3 is 2.26 bits per heavy atom. The van der Waals surface area contributed by atoms with E-state index in [1.165, 1.54) is 6.34 Å². The second kappa shape index (κ2) is 5.04. The molecule has 1 aliphatic rings. The number of hydrogen-bond acceptors (Lipinski definition) is 3. The maximum atomic E-state index is 12.6. The molecule has 6 heteroatoms. The van der Waals surface area contributed by atoms with Crippen molar-refractivity contribution in [3.63, 3.8) is 0 Å². The SMILES string of the molecule is CC1=NC=N[N+]1(C(=O)C(C)C)c1c(Cl)cccc1Cl. The molecule has 100 valence electrons. The van der Waals surface area contributed by atoms with Crippen molar-refractivity contribution in [3.8, 4) is 0 Å². The van der Waals surface area contributed by atoms with Crippen LogP contribution in [0, 0.1) is 5.92 Å². The highest BCUT2D eigenvalue weighted by Crippen LogP contribution is 2.41. The number of benzene rings is 1. The zero-order valence-corrected chi connectivity index (χ0v) is 12.4. The molecule has 0 N–H and O–H groups in total. The first kappa shape index (κ1) is 14.2. The van der Waals surface area contributed by atoms with Crippen LogP contribution in [0.4, 0.5) is 5.69 Å². The average molecular weight is 299 g/mol. The van der Waals surface area contributed by atoms with E-state index in [4.69, 9.17) is 23.2 Å². The zero-order valence-electron chi connectivity index (χ0n) is 10.9. The topological polar surface area (TPSA) is 41.8 Å². The molecule has 0 aliphatic carbocycles. The molecule has 1 amide bonds. The highest BCUT2D eigenvalue weighted by molar-refractivity contribution is 6.40.